The van der Waals surface area contributed by atoms with E-state index in [1.807, 2.05) is 0 Å². The van der Waals surface area contributed by atoms with Gasteiger partial charge in [-0.25, -0.2) is 9.67 Å². The molecule has 1 aliphatic heterocycles. The zero-order valence-corrected chi connectivity index (χ0v) is 15.7. The number of pyridine rings is 1. The average Bonchev–Trinajstić information content (AvgIpc) is 3.15. The minimum atomic E-state index is -5.12. The second kappa shape index (κ2) is 7.56. The molecule has 1 saturated heterocycles. The van der Waals surface area contributed by atoms with E-state index in [4.69, 9.17) is 0 Å². The van der Waals surface area contributed by atoms with Gasteiger partial charge in [-0.2, -0.15) is 31.4 Å². The molecule has 3 heterocycles. The fraction of sp³-hybridized carbons (Fsp3) is 0.500. The third-order valence-electron chi connectivity index (χ3n) is 5.13. The van der Waals surface area contributed by atoms with Crippen LogP contribution in [0.15, 0.2) is 30.6 Å². The van der Waals surface area contributed by atoms with Crippen molar-refractivity contribution in [3.63, 3.8) is 0 Å². The number of aliphatic hydroxyl groups is 1. The summed E-state index contributed by atoms with van der Waals surface area (Å²) in [7, 11) is 0. The van der Waals surface area contributed by atoms with E-state index in [-0.39, 0.29) is 31.8 Å². The van der Waals surface area contributed by atoms with E-state index in [2.05, 4.69) is 10.1 Å². The quantitative estimate of drug-likeness (QED) is 0.750. The molecule has 0 radical (unpaired) electrons. The van der Waals surface area contributed by atoms with Gasteiger partial charge in [-0.3, -0.25) is 4.79 Å². The van der Waals surface area contributed by atoms with Crippen LogP contribution < -0.4 is 0 Å². The molecule has 6 nitrogen and oxygen atoms in total. The minimum Gasteiger partial charge on any atom is -0.373 e. The van der Waals surface area contributed by atoms with E-state index in [0.29, 0.717) is 12.6 Å². The summed E-state index contributed by atoms with van der Waals surface area (Å²) in [6, 6.07) is 3.56. The van der Waals surface area contributed by atoms with Crippen LogP contribution in [-0.4, -0.2) is 55.5 Å². The molecule has 12 heteroatoms. The summed E-state index contributed by atoms with van der Waals surface area (Å²) in [4.78, 5) is 16.8. The van der Waals surface area contributed by atoms with Crippen molar-refractivity contribution in [1.82, 2.24) is 19.7 Å². The fourth-order valence-corrected chi connectivity index (χ4v) is 3.39. The molecule has 1 atom stereocenters. The maximum absolute atomic E-state index is 13.3. The van der Waals surface area contributed by atoms with Gasteiger partial charge in [0.25, 0.3) is 5.91 Å². The number of halogens is 6. The summed E-state index contributed by atoms with van der Waals surface area (Å²) in [5.74, 6) is -2.20. The Labute approximate surface area is 167 Å². The SMILES string of the molecule is C[C@@](O)(C(=O)N1CCC(c2ccnn2-c2ncccc2C(F)(F)F)CC1)C(F)(F)F. The van der Waals surface area contributed by atoms with Crippen LogP contribution in [0.5, 0.6) is 0 Å². The van der Waals surface area contributed by atoms with Crippen LogP contribution in [0.1, 0.15) is 36.9 Å². The Morgan fingerprint density at radius 2 is 1.73 bits per heavy atom. The fourth-order valence-electron chi connectivity index (χ4n) is 3.39. The van der Waals surface area contributed by atoms with Crippen LogP contribution in [0.2, 0.25) is 0 Å². The van der Waals surface area contributed by atoms with Crippen molar-refractivity contribution in [2.24, 2.45) is 0 Å². The molecule has 2 aromatic heterocycles. The molecule has 0 spiro atoms. The zero-order valence-electron chi connectivity index (χ0n) is 15.7. The van der Waals surface area contributed by atoms with E-state index in [1.54, 1.807) is 0 Å². The van der Waals surface area contributed by atoms with Crippen LogP contribution in [0.3, 0.4) is 0 Å². The van der Waals surface area contributed by atoms with E-state index < -0.39 is 35.2 Å². The van der Waals surface area contributed by atoms with Gasteiger partial charge in [0.15, 0.2) is 5.82 Å². The zero-order chi connectivity index (χ0) is 22.3. The number of carbonyl (C=O) groups excluding carboxylic acids is 1. The van der Waals surface area contributed by atoms with Gasteiger partial charge in [-0.15, -0.1) is 0 Å². The number of piperidine rings is 1. The van der Waals surface area contributed by atoms with Crippen molar-refractivity contribution >= 4 is 5.91 Å². The van der Waals surface area contributed by atoms with Crippen LogP contribution in [-0.2, 0) is 11.0 Å². The summed E-state index contributed by atoms with van der Waals surface area (Å²) in [5, 5.41) is 13.5. The molecule has 1 fully saturated rings. The van der Waals surface area contributed by atoms with Crippen molar-refractivity contribution in [3.05, 3.63) is 41.9 Å². The highest BCUT2D eigenvalue weighted by Crippen LogP contribution is 2.37. The predicted octanol–water partition coefficient (Wildman–Crippen LogP) is 3.31. The summed E-state index contributed by atoms with van der Waals surface area (Å²) < 4.78 is 79.7. The summed E-state index contributed by atoms with van der Waals surface area (Å²) in [5.41, 5.74) is -4.06. The number of carbonyl (C=O) groups is 1. The van der Waals surface area contributed by atoms with Crippen LogP contribution in [0.25, 0.3) is 5.82 Å². The van der Waals surface area contributed by atoms with Crippen LogP contribution in [0, 0.1) is 0 Å². The lowest BCUT2D eigenvalue weighted by Gasteiger charge is -2.36. The lowest BCUT2D eigenvalue weighted by Crippen LogP contribution is -2.57. The van der Waals surface area contributed by atoms with E-state index in [0.717, 1.165) is 21.7 Å². The van der Waals surface area contributed by atoms with Crippen LogP contribution >= 0.6 is 0 Å². The van der Waals surface area contributed by atoms with E-state index in [9.17, 15) is 36.2 Å². The second-order valence-electron chi connectivity index (χ2n) is 7.18. The Hall–Kier alpha value is -2.63. The maximum Gasteiger partial charge on any atom is 0.426 e. The number of nitrogens with zero attached hydrogens (tertiary/aromatic N) is 4. The molecular weight excluding hydrogens is 418 g/mol. The predicted molar refractivity (Wildman–Crippen MR) is 91.6 cm³/mol. The number of likely N-dealkylation sites (tertiary alicyclic amines) is 1. The Bertz CT molecular complexity index is 914. The number of rotatable bonds is 3. The van der Waals surface area contributed by atoms with Crippen LogP contribution in [0.4, 0.5) is 26.3 Å². The monoisotopic (exact) mass is 436 g/mol. The molecule has 1 amide bonds. The third-order valence-corrected chi connectivity index (χ3v) is 5.13. The van der Waals surface area contributed by atoms with Gasteiger partial charge in [0, 0.05) is 37.1 Å². The molecule has 2 aromatic rings. The van der Waals surface area contributed by atoms with Crippen molar-refractivity contribution in [3.8, 4) is 5.82 Å². The highest BCUT2D eigenvalue weighted by atomic mass is 19.4. The Kier molecular flexibility index (Phi) is 5.56. The second-order valence-corrected chi connectivity index (χ2v) is 7.18. The lowest BCUT2D eigenvalue weighted by atomic mass is 9.92. The number of alkyl halides is 6. The molecule has 0 saturated carbocycles. The molecule has 3 rings (SSSR count). The first kappa shape index (κ1) is 22.1. The third kappa shape index (κ3) is 4.00. The number of amides is 1. The van der Waals surface area contributed by atoms with E-state index in [1.165, 1.54) is 18.5 Å². The minimum absolute atomic E-state index is 0.0880. The smallest absolute Gasteiger partial charge is 0.373 e. The molecule has 0 unspecified atom stereocenters. The Morgan fingerprint density at radius 1 is 1.10 bits per heavy atom. The topological polar surface area (TPSA) is 71.2 Å². The summed E-state index contributed by atoms with van der Waals surface area (Å²) in [6.45, 7) is 0.223. The van der Waals surface area contributed by atoms with Crippen molar-refractivity contribution in [2.45, 2.75) is 43.6 Å². The maximum atomic E-state index is 13.3. The normalized spacial score (nSPS) is 18.3. The molecule has 0 aliphatic carbocycles. The molecule has 164 valence electrons. The lowest BCUT2D eigenvalue weighted by molar-refractivity contribution is -0.250. The highest BCUT2D eigenvalue weighted by molar-refractivity contribution is 5.85. The molecular formula is C18H18F6N4O2. The van der Waals surface area contributed by atoms with Gasteiger partial charge in [0.05, 0.1) is 0 Å². The molecule has 0 aromatic carbocycles. The van der Waals surface area contributed by atoms with Crippen molar-refractivity contribution in [2.75, 3.05) is 13.1 Å². The molecule has 1 N–H and O–H groups in total. The van der Waals surface area contributed by atoms with Gasteiger partial charge in [-0.05, 0) is 38.0 Å². The Morgan fingerprint density at radius 3 is 2.30 bits per heavy atom. The van der Waals surface area contributed by atoms with Gasteiger partial charge < -0.3 is 10.0 Å². The first-order valence-corrected chi connectivity index (χ1v) is 8.99. The average molecular weight is 436 g/mol. The first-order chi connectivity index (χ1) is 13.8. The van der Waals surface area contributed by atoms with Gasteiger partial charge in [-0.1, -0.05) is 0 Å². The molecule has 0 bridgehead atoms. The van der Waals surface area contributed by atoms with E-state index >= 15 is 0 Å². The Balaban J connectivity index is 1.80. The molecule has 30 heavy (non-hydrogen) atoms. The number of hydrogen-bond acceptors (Lipinski definition) is 4. The number of aromatic nitrogens is 3. The van der Waals surface area contributed by atoms with Gasteiger partial charge >= 0.3 is 12.4 Å². The largest absolute Gasteiger partial charge is 0.426 e. The van der Waals surface area contributed by atoms with Crippen molar-refractivity contribution in [1.29, 1.82) is 0 Å². The van der Waals surface area contributed by atoms with Crippen molar-refractivity contribution < 1.29 is 36.2 Å². The first-order valence-electron chi connectivity index (χ1n) is 8.99. The van der Waals surface area contributed by atoms with Gasteiger partial charge in [0.2, 0.25) is 5.60 Å². The number of hydrogen-bond donors (Lipinski definition) is 1. The summed E-state index contributed by atoms with van der Waals surface area (Å²) >= 11 is 0. The van der Waals surface area contributed by atoms with Gasteiger partial charge in [0.1, 0.15) is 5.56 Å². The molecule has 1 aliphatic rings. The highest BCUT2D eigenvalue weighted by Gasteiger charge is 2.57. The summed E-state index contributed by atoms with van der Waals surface area (Å²) in [6.07, 6.45) is -6.86. The standard InChI is InChI=1S/C18H18F6N4O2/c1-16(30,18(22,23)24)15(29)27-9-5-11(6-10-27)13-4-8-26-28(13)14-12(17(19,20)21)3-2-7-25-14/h2-4,7-8,11,30H,5-6,9-10H2,1H3/t16-/m1/s1.